The Balaban J connectivity index is 2.48. The van der Waals surface area contributed by atoms with Crippen molar-refractivity contribution in [1.29, 1.82) is 0 Å². The first kappa shape index (κ1) is 13.9. The van der Waals surface area contributed by atoms with E-state index >= 15 is 0 Å². The number of hydrogen-bond donors (Lipinski definition) is 2. The first-order valence-electron chi connectivity index (χ1n) is 6.52. The van der Waals surface area contributed by atoms with Crippen molar-refractivity contribution in [3.05, 3.63) is 0 Å². The van der Waals surface area contributed by atoms with Gasteiger partial charge >= 0.3 is 0 Å². The van der Waals surface area contributed by atoms with E-state index in [-0.39, 0.29) is 0 Å². The van der Waals surface area contributed by atoms with Crippen LogP contribution in [-0.2, 0) is 0 Å². The smallest absolute Gasteiger partial charge is 0.0774 e. The van der Waals surface area contributed by atoms with Gasteiger partial charge in [-0.1, -0.05) is 26.2 Å². The SMILES string of the molecule is CCN(CC(C)(C)O)CC1(O)CCCCC1. The molecule has 0 unspecified atom stereocenters. The van der Waals surface area contributed by atoms with E-state index in [1.807, 2.05) is 13.8 Å². The van der Waals surface area contributed by atoms with Crippen molar-refractivity contribution in [2.45, 2.75) is 64.1 Å². The van der Waals surface area contributed by atoms with Gasteiger partial charge in [-0.25, -0.2) is 0 Å². The van der Waals surface area contributed by atoms with Crippen LogP contribution in [0.4, 0.5) is 0 Å². The molecule has 0 heterocycles. The topological polar surface area (TPSA) is 43.7 Å². The fourth-order valence-corrected chi connectivity index (χ4v) is 2.61. The molecule has 0 radical (unpaired) electrons. The molecule has 16 heavy (non-hydrogen) atoms. The minimum absolute atomic E-state index is 0.514. The van der Waals surface area contributed by atoms with Crippen molar-refractivity contribution in [2.75, 3.05) is 19.6 Å². The van der Waals surface area contributed by atoms with Gasteiger partial charge in [0.25, 0.3) is 0 Å². The third-order valence-corrected chi connectivity index (χ3v) is 3.36. The Morgan fingerprint density at radius 1 is 1.19 bits per heavy atom. The van der Waals surface area contributed by atoms with Gasteiger partial charge in [0.05, 0.1) is 11.2 Å². The summed E-state index contributed by atoms with van der Waals surface area (Å²) in [5.41, 5.74) is -1.19. The van der Waals surface area contributed by atoms with Gasteiger partial charge < -0.3 is 10.2 Å². The van der Waals surface area contributed by atoms with Gasteiger partial charge in [-0.05, 0) is 33.2 Å². The van der Waals surface area contributed by atoms with E-state index in [4.69, 9.17) is 0 Å². The molecule has 0 aliphatic heterocycles. The molecule has 0 atom stereocenters. The molecule has 1 aliphatic rings. The largest absolute Gasteiger partial charge is 0.389 e. The lowest BCUT2D eigenvalue weighted by Gasteiger charge is -2.38. The monoisotopic (exact) mass is 229 g/mol. The summed E-state index contributed by atoms with van der Waals surface area (Å²) in [6.07, 6.45) is 5.35. The molecule has 0 saturated heterocycles. The second-order valence-corrected chi connectivity index (χ2v) is 5.90. The van der Waals surface area contributed by atoms with Crippen LogP contribution in [0, 0.1) is 0 Å². The summed E-state index contributed by atoms with van der Waals surface area (Å²) in [5.74, 6) is 0. The average molecular weight is 229 g/mol. The molecule has 0 aromatic carbocycles. The van der Waals surface area contributed by atoms with Gasteiger partial charge in [-0.15, -0.1) is 0 Å². The highest BCUT2D eigenvalue weighted by molar-refractivity contribution is 4.86. The minimum atomic E-state index is -0.680. The lowest BCUT2D eigenvalue weighted by molar-refractivity contribution is -0.0440. The lowest BCUT2D eigenvalue weighted by Crippen LogP contribution is -2.48. The third-order valence-electron chi connectivity index (χ3n) is 3.36. The predicted octanol–water partition coefficient (Wildman–Crippen LogP) is 1.77. The molecule has 0 spiro atoms. The van der Waals surface area contributed by atoms with Crippen LogP contribution in [0.1, 0.15) is 52.9 Å². The molecule has 3 nitrogen and oxygen atoms in total. The Kier molecular flexibility index (Phi) is 4.77. The van der Waals surface area contributed by atoms with Crippen LogP contribution in [-0.4, -0.2) is 45.9 Å². The molecule has 1 rings (SSSR count). The van der Waals surface area contributed by atoms with Crippen LogP contribution in [0.5, 0.6) is 0 Å². The highest BCUT2D eigenvalue weighted by Crippen LogP contribution is 2.29. The highest BCUT2D eigenvalue weighted by Gasteiger charge is 2.32. The third kappa shape index (κ3) is 4.81. The van der Waals surface area contributed by atoms with Crippen LogP contribution in [0.25, 0.3) is 0 Å². The average Bonchev–Trinajstić information content (AvgIpc) is 2.15. The molecule has 96 valence electrons. The number of hydrogen-bond acceptors (Lipinski definition) is 3. The van der Waals surface area contributed by atoms with Crippen molar-refractivity contribution in [1.82, 2.24) is 4.90 Å². The molecular weight excluding hydrogens is 202 g/mol. The molecule has 0 aromatic heterocycles. The standard InChI is InChI=1S/C13H27NO2/c1-4-14(10-12(2,3)15)11-13(16)8-6-5-7-9-13/h15-16H,4-11H2,1-3H3. The summed E-state index contributed by atoms with van der Waals surface area (Å²) >= 11 is 0. The van der Waals surface area contributed by atoms with Crippen molar-refractivity contribution >= 4 is 0 Å². The summed E-state index contributed by atoms with van der Waals surface area (Å²) in [7, 11) is 0. The van der Waals surface area contributed by atoms with Crippen molar-refractivity contribution < 1.29 is 10.2 Å². The maximum atomic E-state index is 10.4. The molecular formula is C13H27NO2. The van der Waals surface area contributed by atoms with Crippen molar-refractivity contribution in [3.8, 4) is 0 Å². The van der Waals surface area contributed by atoms with Crippen LogP contribution in [0.3, 0.4) is 0 Å². The van der Waals surface area contributed by atoms with Crippen LogP contribution in [0.2, 0.25) is 0 Å². The Morgan fingerprint density at radius 2 is 1.75 bits per heavy atom. The molecule has 2 N–H and O–H groups in total. The molecule has 0 bridgehead atoms. The van der Waals surface area contributed by atoms with E-state index in [0.717, 1.165) is 32.2 Å². The second-order valence-electron chi connectivity index (χ2n) is 5.90. The fraction of sp³-hybridized carbons (Fsp3) is 1.00. The molecule has 1 saturated carbocycles. The molecule has 3 heteroatoms. The molecule has 1 aliphatic carbocycles. The maximum Gasteiger partial charge on any atom is 0.0774 e. The van der Waals surface area contributed by atoms with Gasteiger partial charge in [-0.2, -0.15) is 0 Å². The number of likely N-dealkylation sites (N-methyl/N-ethyl adjacent to an activating group) is 1. The molecule has 1 fully saturated rings. The number of aliphatic hydroxyl groups is 2. The van der Waals surface area contributed by atoms with Crippen molar-refractivity contribution in [2.24, 2.45) is 0 Å². The zero-order chi connectivity index (χ0) is 12.2. The fourth-order valence-electron chi connectivity index (χ4n) is 2.61. The van der Waals surface area contributed by atoms with Gasteiger partial charge in [-0.3, -0.25) is 4.90 Å². The van der Waals surface area contributed by atoms with Gasteiger partial charge in [0.1, 0.15) is 0 Å². The van der Waals surface area contributed by atoms with Crippen LogP contribution >= 0.6 is 0 Å². The predicted molar refractivity (Wildman–Crippen MR) is 66.4 cm³/mol. The van der Waals surface area contributed by atoms with Gasteiger partial charge in [0, 0.05) is 13.1 Å². The van der Waals surface area contributed by atoms with E-state index < -0.39 is 11.2 Å². The van der Waals surface area contributed by atoms with E-state index in [1.165, 1.54) is 6.42 Å². The summed E-state index contributed by atoms with van der Waals surface area (Å²) in [6, 6.07) is 0. The zero-order valence-corrected chi connectivity index (χ0v) is 11.0. The summed E-state index contributed by atoms with van der Waals surface area (Å²) in [5, 5.41) is 20.3. The Morgan fingerprint density at radius 3 is 2.19 bits per heavy atom. The van der Waals surface area contributed by atoms with Gasteiger partial charge in [0.2, 0.25) is 0 Å². The van der Waals surface area contributed by atoms with Gasteiger partial charge in [0.15, 0.2) is 0 Å². The van der Waals surface area contributed by atoms with E-state index in [1.54, 1.807) is 0 Å². The summed E-state index contributed by atoms with van der Waals surface area (Å²) in [4.78, 5) is 2.16. The zero-order valence-electron chi connectivity index (χ0n) is 11.0. The maximum absolute atomic E-state index is 10.4. The lowest BCUT2D eigenvalue weighted by atomic mass is 9.84. The molecule has 0 aromatic rings. The second kappa shape index (κ2) is 5.48. The highest BCUT2D eigenvalue weighted by atomic mass is 16.3. The Labute approximate surface area is 99.5 Å². The quantitative estimate of drug-likeness (QED) is 0.755. The van der Waals surface area contributed by atoms with Crippen LogP contribution < -0.4 is 0 Å². The van der Waals surface area contributed by atoms with E-state index in [9.17, 15) is 10.2 Å². The normalized spacial score (nSPS) is 21.4. The summed E-state index contributed by atoms with van der Waals surface area (Å²) < 4.78 is 0. The Bertz CT molecular complexity index is 204. The van der Waals surface area contributed by atoms with E-state index in [2.05, 4.69) is 11.8 Å². The Hall–Kier alpha value is -0.120. The number of nitrogens with zero attached hydrogens (tertiary/aromatic N) is 1. The first-order chi connectivity index (χ1) is 7.35. The van der Waals surface area contributed by atoms with E-state index in [0.29, 0.717) is 13.1 Å². The first-order valence-corrected chi connectivity index (χ1v) is 6.52. The number of rotatable bonds is 5. The van der Waals surface area contributed by atoms with Crippen molar-refractivity contribution in [3.63, 3.8) is 0 Å². The minimum Gasteiger partial charge on any atom is -0.389 e. The molecule has 0 amide bonds. The summed E-state index contributed by atoms with van der Waals surface area (Å²) in [6.45, 7) is 7.94. The van der Waals surface area contributed by atoms with Crippen LogP contribution in [0.15, 0.2) is 0 Å².